The number of halogens is 1. The summed E-state index contributed by atoms with van der Waals surface area (Å²) in [6, 6.07) is 14.1. The van der Waals surface area contributed by atoms with Crippen molar-refractivity contribution >= 4 is 40.8 Å². The first-order valence-corrected chi connectivity index (χ1v) is 14.4. The highest BCUT2D eigenvalue weighted by molar-refractivity contribution is 7.80. The maximum atomic E-state index is 13.1. The van der Waals surface area contributed by atoms with Gasteiger partial charge in [-0.25, -0.2) is 19.2 Å². The molecule has 0 spiro atoms. The van der Waals surface area contributed by atoms with Crippen molar-refractivity contribution in [2.45, 2.75) is 25.3 Å². The molecular formula is C30H37FN8O3S. The molecule has 0 radical (unpaired) electrons. The van der Waals surface area contributed by atoms with Gasteiger partial charge in [-0.3, -0.25) is 10.1 Å². The quantitative estimate of drug-likeness (QED) is 0.294. The Morgan fingerprint density at radius 2 is 1.72 bits per heavy atom. The van der Waals surface area contributed by atoms with E-state index in [0.717, 1.165) is 39.0 Å². The average molecular weight is 609 g/mol. The Labute approximate surface area is 256 Å². The molecule has 2 aromatic carbocycles. The minimum atomic E-state index is -0.360. The number of benzene rings is 2. The Hall–Kier alpha value is -4.20. The van der Waals surface area contributed by atoms with E-state index in [4.69, 9.17) is 17.0 Å². The van der Waals surface area contributed by atoms with Gasteiger partial charge in [0.15, 0.2) is 5.11 Å². The van der Waals surface area contributed by atoms with Gasteiger partial charge in [0.05, 0.1) is 6.42 Å². The first-order chi connectivity index (χ1) is 20.6. The van der Waals surface area contributed by atoms with Crippen molar-refractivity contribution in [3.05, 3.63) is 72.3 Å². The summed E-state index contributed by atoms with van der Waals surface area (Å²) in [7, 11) is 5.96. The van der Waals surface area contributed by atoms with Gasteiger partial charge in [-0.15, -0.1) is 0 Å². The van der Waals surface area contributed by atoms with Gasteiger partial charge in [0, 0.05) is 51.0 Å². The molecule has 1 aromatic heterocycles. The Morgan fingerprint density at radius 3 is 2.40 bits per heavy atom. The smallest absolute Gasteiger partial charge is 0.323 e. The maximum absolute atomic E-state index is 13.1. The molecule has 1 aliphatic heterocycles. The van der Waals surface area contributed by atoms with Crippen molar-refractivity contribution in [3.63, 3.8) is 0 Å². The van der Waals surface area contributed by atoms with E-state index < -0.39 is 0 Å². The molecule has 4 rings (SSSR count). The van der Waals surface area contributed by atoms with Crippen LogP contribution in [0, 0.1) is 5.82 Å². The fourth-order valence-electron chi connectivity index (χ4n) is 4.55. The molecule has 3 amide bonds. The number of amides is 3. The third-order valence-corrected chi connectivity index (χ3v) is 7.24. The molecule has 11 nitrogen and oxygen atoms in total. The minimum Gasteiger partial charge on any atom is -0.439 e. The van der Waals surface area contributed by atoms with E-state index in [1.165, 1.54) is 18.5 Å². The number of hydrogen-bond donors (Lipinski definition) is 3. The normalized spacial score (nSPS) is 13.8. The second kappa shape index (κ2) is 15.3. The summed E-state index contributed by atoms with van der Waals surface area (Å²) in [4.78, 5) is 39.8. The van der Waals surface area contributed by atoms with Crippen molar-refractivity contribution < 1.29 is 18.7 Å². The summed E-state index contributed by atoms with van der Waals surface area (Å²) < 4.78 is 18.9. The van der Waals surface area contributed by atoms with Gasteiger partial charge in [-0.05, 0) is 81.1 Å². The van der Waals surface area contributed by atoms with Gasteiger partial charge < -0.3 is 30.1 Å². The lowest BCUT2D eigenvalue weighted by molar-refractivity contribution is -0.119. The van der Waals surface area contributed by atoms with E-state index in [2.05, 4.69) is 49.8 Å². The lowest BCUT2D eigenvalue weighted by Crippen LogP contribution is -2.48. The second-order valence-electron chi connectivity index (χ2n) is 10.6. The largest absolute Gasteiger partial charge is 0.439 e. The van der Waals surface area contributed by atoms with E-state index in [1.807, 2.05) is 7.05 Å². The Balaban J connectivity index is 1.22. The van der Waals surface area contributed by atoms with Crippen molar-refractivity contribution in [1.29, 1.82) is 0 Å². The third kappa shape index (κ3) is 10.2. The van der Waals surface area contributed by atoms with Gasteiger partial charge in [-0.1, -0.05) is 12.1 Å². The number of hydrogen-bond acceptors (Lipinski definition) is 8. The number of carbonyl (C=O) groups is 2. The number of likely N-dealkylation sites (N-methyl/N-ethyl adjacent to an activating group) is 1. The van der Waals surface area contributed by atoms with Crippen LogP contribution in [0.5, 0.6) is 11.6 Å². The summed E-state index contributed by atoms with van der Waals surface area (Å²) in [5.74, 6) is 0.437. The molecule has 0 aliphatic carbocycles. The van der Waals surface area contributed by atoms with Crippen LogP contribution >= 0.6 is 12.2 Å². The molecule has 3 aromatic rings. The van der Waals surface area contributed by atoms with Crippen LogP contribution in [0.3, 0.4) is 0 Å². The number of nitrogens with zero attached hydrogens (tertiary/aromatic N) is 5. The summed E-state index contributed by atoms with van der Waals surface area (Å²) in [6.07, 6.45) is 3.25. The Morgan fingerprint density at radius 1 is 1.02 bits per heavy atom. The highest BCUT2D eigenvalue weighted by Crippen LogP contribution is 2.23. The van der Waals surface area contributed by atoms with E-state index in [-0.39, 0.29) is 41.2 Å². The number of thiocarbonyl (C=S) groups is 1. The van der Waals surface area contributed by atoms with Crippen LogP contribution in [0.1, 0.15) is 18.4 Å². The fourth-order valence-corrected chi connectivity index (χ4v) is 4.78. The van der Waals surface area contributed by atoms with Crippen molar-refractivity contribution in [2.75, 3.05) is 58.0 Å². The number of nitrogens with one attached hydrogen (secondary N) is 3. The van der Waals surface area contributed by atoms with E-state index in [9.17, 15) is 14.0 Å². The molecule has 1 fully saturated rings. The van der Waals surface area contributed by atoms with Crippen LogP contribution < -0.4 is 20.7 Å². The molecule has 43 heavy (non-hydrogen) atoms. The maximum Gasteiger partial charge on any atom is 0.323 e. The number of likely N-dealkylation sites (tertiary alicyclic amines) is 1. The number of urea groups is 1. The molecule has 0 atom stereocenters. The fraction of sp³-hybridized carbons (Fsp3) is 0.367. The molecule has 1 aliphatic rings. The van der Waals surface area contributed by atoms with Crippen molar-refractivity contribution in [2.24, 2.45) is 0 Å². The lowest BCUT2D eigenvalue weighted by Gasteiger charge is -2.37. The summed E-state index contributed by atoms with van der Waals surface area (Å²) >= 11 is 5.23. The van der Waals surface area contributed by atoms with Crippen LogP contribution in [-0.4, -0.2) is 95.1 Å². The van der Waals surface area contributed by atoms with E-state index in [0.29, 0.717) is 22.8 Å². The monoisotopic (exact) mass is 608 g/mol. The zero-order valence-corrected chi connectivity index (χ0v) is 25.4. The minimum absolute atomic E-state index is 0.0726. The summed E-state index contributed by atoms with van der Waals surface area (Å²) in [5, 5.41) is 8.52. The molecule has 3 N–H and O–H groups in total. The van der Waals surface area contributed by atoms with Crippen LogP contribution in [0.4, 0.5) is 20.7 Å². The van der Waals surface area contributed by atoms with Gasteiger partial charge in [-0.2, -0.15) is 0 Å². The van der Waals surface area contributed by atoms with Gasteiger partial charge >= 0.3 is 6.03 Å². The first-order valence-electron chi connectivity index (χ1n) is 14.0. The highest BCUT2D eigenvalue weighted by Gasteiger charge is 2.25. The lowest BCUT2D eigenvalue weighted by atomic mass is 10.0. The predicted octanol–water partition coefficient (Wildman–Crippen LogP) is 3.95. The SMILES string of the molecule is CN(C)CCN1CCC(N(C)C(=O)Nc2cc(Oc3ccc(NC(=S)NC(=O)Cc4ccc(F)cc4)cc3)ncn2)CC1. The van der Waals surface area contributed by atoms with E-state index in [1.54, 1.807) is 47.4 Å². The van der Waals surface area contributed by atoms with E-state index >= 15 is 0 Å². The number of aromatic nitrogens is 2. The van der Waals surface area contributed by atoms with Crippen LogP contribution in [0.15, 0.2) is 60.9 Å². The Kier molecular flexibility index (Phi) is 11.3. The molecule has 2 heterocycles. The Bertz CT molecular complexity index is 1380. The van der Waals surface area contributed by atoms with Crippen molar-refractivity contribution in [3.8, 4) is 11.6 Å². The van der Waals surface area contributed by atoms with Crippen LogP contribution in [-0.2, 0) is 11.2 Å². The average Bonchev–Trinajstić information content (AvgIpc) is 2.98. The van der Waals surface area contributed by atoms with Gasteiger partial charge in [0.25, 0.3) is 0 Å². The van der Waals surface area contributed by atoms with Crippen LogP contribution in [0.2, 0.25) is 0 Å². The molecule has 1 saturated heterocycles. The standard InChI is InChI=1S/C30H37FN8O3S/c1-37(2)16-17-39-14-12-24(13-15-39)38(3)30(41)35-26-19-28(33-20-32-26)42-25-10-8-23(9-11-25)34-29(43)36-27(40)18-21-4-6-22(31)7-5-21/h4-11,19-20,24H,12-18H2,1-3H3,(H,32,33,35,41)(H2,34,36,40,43). The summed E-state index contributed by atoms with van der Waals surface area (Å²) in [6.45, 7) is 3.99. The molecule has 228 valence electrons. The molecule has 0 saturated carbocycles. The first kappa shape index (κ1) is 31.7. The van der Waals surface area contributed by atoms with Gasteiger partial charge in [0.2, 0.25) is 11.8 Å². The van der Waals surface area contributed by atoms with Gasteiger partial charge in [0.1, 0.15) is 23.7 Å². The topological polar surface area (TPSA) is 115 Å². The second-order valence-corrected chi connectivity index (χ2v) is 11.0. The molecular weight excluding hydrogens is 571 g/mol. The molecule has 0 unspecified atom stereocenters. The van der Waals surface area contributed by atoms with Crippen molar-refractivity contribution in [1.82, 2.24) is 30.0 Å². The molecule has 0 bridgehead atoms. The molecule has 13 heteroatoms. The zero-order valence-electron chi connectivity index (χ0n) is 24.5. The number of ether oxygens (including phenoxy) is 1. The van der Waals surface area contributed by atoms with Crippen LogP contribution in [0.25, 0.3) is 0 Å². The number of carbonyl (C=O) groups excluding carboxylic acids is 2. The summed E-state index contributed by atoms with van der Waals surface area (Å²) in [5.41, 5.74) is 1.32. The number of rotatable bonds is 10. The predicted molar refractivity (Wildman–Crippen MR) is 168 cm³/mol. The number of piperidine rings is 1. The zero-order chi connectivity index (χ0) is 30.8. The third-order valence-electron chi connectivity index (χ3n) is 7.03. The number of anilines is 2. The highest BCUT2D eigenvalue weighted by atomic mass is 32.1.